The molecule has 11 heavy (non-hydrogen) atoms. The average molecular weight is 291 g/mol. The van der Waals surface area contributed by atoms with Gasteiger partial charge in [0, 0.05) is 10.2 Å². The van der Waals surface area contributed by atoms with Gasteiger partial charge in [0.15, 0.2) is 0 Å². The fourth-order valence-corrected chi connectivity index (χ4v) is 1.17. The molecular weight excluding hydrogens is 282 g/mol. The molecule has 0 rings (SSSR count). The molecule has 66 valence electrons. The molecule has 0 N–H and O–H groups in total. The highest BCUT2D eigenvalue weighted by atomic mass is 79.9. The van der Waals surface area contributed by atoms with Gasteiger partial charge in [-0.15, -0.1) is 10.1 Å². The number of hydrogen-bond acceptors (Lipinski definition) is 3. The SMILES string of the molecule is O=[N+]([O-])OCCCC(Br)CBr. The molecule has 0 aliphatic heterocycles. The predicted molar refractivity (Wildman–Crippen MR) is 48.7 cm³/mol. The molecule has 1 unspecified atom stereocenters. The van der Waals surface area contributed by atoms with Crippen molar-refractivity contribution in [2.24, 2.45) is 0 Å². The molecule has 6 heteroatoms. The van der Waals surface area contributed by atoms with Crippen molar-refractivity contribution >= 4 is 31.9 Å². The molecular formula is C5H9Br2NO3. The van der Waals surface area contributed by atoms with Crippen LogP contribution in [-0.2, 0) is 4.84 Å². The first-order chi connectivity index (χ1) is 5.16. The average Bonchev–Trinajstić information content (AvgIpc) is 1.97. The molecule has 0 heterocycles. The van der Waals surface area contributed by atoms with Crippen molar-refractivity contribution in [2.75, 3.05) is 11.9 Å². The van der Waals surface area contributed by atoms with Crippen LogP contribution in [0.15, 0.2) is 0 Å². The third-order valence-corrected chi connectivity index (χ3v) is 3.46. The first-order valence-corrected chi connectivity index (χ1v) is 5.18. The molecule has 0 fully saturated rings. The van der Waals surface area contributed by atoms with Gasteiger partial charge in [0.25, 0.3) is 5.09 Å². The van der Waals surface area contributed by atoms with Gasteiger partial charge in [-0.3, -0.25) is 0 Å². The number of rotatable bonds is 6. The van der Waals surface area contributed by atoms with Gasteiger partial charge in [-0.2, -0.15) is 0 Å². The van der Waals surface area contributed by atoms with Crippen molar-refractivity contribution in [3.05, 3.63) is 10.1 Å². The summed E-state index contributed by atoms with van der Waals surface area (Å²) < 4.78 is 0. The minimum atomic E-state index is -0.766. The molecule has 0 aromatic heterocycles. The Kier molecular flexibility index (Phi) is 6.94. The molecule has 0 bridgehead atoms. The topological polar surface area (TPSA) is 52.4 Å². The molecule has 0 aliphatic rings. The Balaban J connectivity index is 3.08. The van der Waals surface area contributed by atoms with Crippen molar-refractivity contribution in [3.63, 3.8) is 0 Å². The van der Waals surface area contributed by atoms with Gasteiger partial charge in [-0.25, -0.2) is 0 Å². The van der Waals surface area contributed by atoms with Crippen LogP contribution in [0.25, 0.3) is 0 Å². The monoisotopic (exact) mass is 289 g/mol. The molecule has 4 nitrogen and oxygen atoms in total. The lowest BCUT2D eigenvalue weighted by Gasteiger charge is -2.03. The van der Waals surface area contributed by atoms with E-state index < -0.39 is 5.09 Å². The van der Waals surface area contributed by atoms with Gasteiger partial charge in [0.2, 0.25) is 0 Å². The van der Waals surface area contributed by atoms with Crippen molar-refractivity contribution in [1.29, 1.82) is 0 Å². The molecule has 0 aliphatic carbocycles. The van der Waals surface area contributed by atoms with Crippen LogP contribution in [0.1, 0.15) is 12.8 Å². The van der Waals surface area contributed by atoms with E-state index in [1.54, 1.807) is 0 Å². The number of alkyl halides is 2. The molecule has 0 spiro atoms. The molecule has 0 aromatic carbocycles. The summed E-state index contributed by atoms with van der Waals surface area (Å²) in [5.41, 5.74) is 0. The van der Waals surface area contributed by atoms with E-state index in [-0.39, 0.29) is 6.61 Å². The van der Waals surface area contributed by atoms with Gasteiger partial charge < -0.3 is 4.84 Å². The van der Waals surface area contributed by atoms with Crippen molar-refractivity contribution in [3.8, 4) is 0 Å². The predicted octanol–water partition coefficient (Wildman–Crippen LogP) is 2.13. The zero-order valence-electron chi connectivity index (χ0n) is 5.83. The van der Waals surface area contributed by atoms with Crippen LogP contribution in [0.4, 0.5) is 0 Å². The van der Waals surface area contributed by atoms with Crippen LogP contribution in [0.5, 0.6) is 0 Å². The Morgan fingerprint density at radius 2 is 2.27 bits per heavy atom. The largest absolute Gasteiger partial charge is 0.314 e. The van der Waals surface area contributed by atoms with Crippen LogP contribution in [0, 0.1) is 10.1 Å². The van der Waals surface area contributed by atoms with Crippen LogP contribution in [0.2, 0.25) is 0 Å². The van der Waals surface area contributed by atoms with E-state index in [1.165, 1.54) is 0 Å². The molecule has 0 radical (unpaired) electrons. The minimum absolute atomic E-state index is 0.183. The highest BCUT2D eigenvalue weighted by Crippen LogP contribution is 2.10. The fraction of sp³-hybridized carbons (Fsp3) is 1.00. The third kappa shape index (κ3) is 8.06. The lowest BCUT2D eigenvalue weighted by molar-refractivity contribution is -0.757. The number of halogens is 2. The smallest absolute Gasteiger partial charge is 0.294 e. The molecule has 0 amide bonds. The number of nitrogens with zero attached hydrogens (tertiary/aromatic N) is 1. The normalized spacial score (nSPS) is 12.5. The lowest BCUT2D eigenvalue weighted by Crippen LogP contribution is -2.05. The number of hydrogen-bond donors (Lipinski definition) is 0. The van der Waals surface area contributed by atoms with E-state index in [2.05, 4.69) is 36.7 Å². The molecule has 0 saturated carbocycles. The second-order valence-corrected chi connectivity index (χ2v) is 3.89. The highest BCUT2D eigenvalue weighted by Gasteiger charge is 2.01. The lowest BCUT2D eigenvalue weighted by atomic mass is 10.3. The summed E-state index contributed by atoms with van der Waals surface area (Å²) in [4.78, 5) is 14.2. The summed E-state index contributed by atoms with van der Waals surface area (Å²) in [7, 11) is 0. The van der Waals surface area contributed by atoms with Gasteiger partial charge in [0.05, 0.1) is 6.61 Å². The van der Waals surface area contributed by atoms with Crippen LogP contribution >= 0.6 is 31.9 Å². The third-order valence-electron chi connectivity index (χ3n) is 1.03. The second kappa shape index (κ2) is 6.84. The standard InChI is InChI=1S/C5H9Br2NO3/c6-4-5(7)2-1-3-11-8(9)10/h5H,1-4H2. The van der Waals surface area contributed by atoms with Crippen LogP contribution < -0.4 is 0 Å². The van der Waals surface area contributed by atoms with Gasteiger partial charge in [-0.05, 0) is 12.8 Å². The Morgan fingerprint density at radius 3 is 2.73 bits per heavy atom. The fourth-order valence-electron chi connectivity index (χ4n) is 0.521. The molecule has 1 atom stereocenters. The second-order valence-electron chi connectivity index (χ2n) is 1.95. The zero-order valence-corrected chi connectivity index (χ0v) is 9.01. The van der Waals surface area contributed by atoms with E-state index in [4.69, 9.17) is 0 Å². The maximum atomic E-state index is 9.68. The Hall–Kier alpha value is 0.160. The maximum Gasteiger partial charge on any atom is 0.294 e. The first kappa shape index (κ1) is 11.2. The summed E-state index contributed by atoms with van der Waals surface area (Å²) in [5, 5.41) is 9.76. The van der Waals surface area contributed by atoms with E-state index in [0.29, 0.717) is 11.2 Å². The van der Waals surface area contributed by atoms with E-state index in [1.807, 2.05) is 0 Å². The quantitative estimate of drug-likeness (QED) is 0.326. The van der Waals surface area contributed by atoms with Gasteiger partial charge >= 0.3 is 0 Å². The summed E-state index contributed by atoms with van der Waals surface area (Å²) in [6, 6.07) is 0. The first-order valence-electron chi connectivity index (χ1n) is 3.14. The van der Waals surface area contributed by atoms with Gasteiger partial charge in [-0.1, -0.05) is 31.9 Å². The van der Waals surface area contributed by atoms with Crippen molar-refractivity contribution in [2.45, 2.75) is 17.7 Å². The zero-order chi connectivity index (χ0) is 8.69. The maximum absolute atomic E-state index is 9.68. The summed E-state index contributed by atoms with van der Waals surface area (Å²) in [6.07, 6.45) is 1.57. The van der Waals surface area contributed by atoms with E-state index in [0.717, 1.165) is 11.8 Å². The summed E-state index contributed by atoms with van der Waals surface area (Å²) >= 11 is 6.65. The summed E-state index contributed by atoms with van der Waals surface area (Å²) in [6.45, 7) is 0.183. The van der Waals surface area contributed by atoms with Crippen LogP contribution in [0.3, 0.4) is 0 Å². The van der Waals surface area contributed by atoms with Gasteiger partial charge in [0.1, 0.15) is 0 Å². The Labute approximate surface area is 81.7 Å². The van der Waals surface area contributed by atoms with E-state index in [9.17, 15) is 10.1 Å². The van der Waals surface area contributed by atoms with Crippen molar-refractivity contribution < 1.29 is 9.92 Å². The Bertz CT molecular complexity index is 122. The molecule has 0 saturated heterocycles. The minimum Gasteiger partial charge on any atom is -0.314 e. The molecule has 0 aromatic rings. The van der Waals surface area contributed by atoms with Crippen molar-refractivity contribution in [1.82, 2.24) is 0 Å². The Morgan fingerprint density at radius 1 is 1.64 bits per heavy atom. The summed E-state index contributed by atoms with van der Waals surface area (Å²) in [5.74, 6) is 0. The highest BCUT2D eigenvalue weighted by molar-refractivity contribution is 9.12. The van der Waals surface area contributed by atoms with E-state index >= 15 is 0 Å². The van der Waals surface area contributed by atoms with Crippen LogP contribution in [-0.4, -0.2) is 21.9 Å².